The van der Waals surface area contributed by atoms with Gasteiger partial charge in [0.05, 0.1) is 31.8 Å². The highest BCUT2D eigenvalue weighted by Gasteiger charge is 2.51. The number of halogens is 2. The van der Waals surface area contributed by atoms with E-state index in [1.165, 1.54) is 6.07 Å². The Morgan fingerprint density at radius 1 is 1.05 bits per heavy atom. The molecule has 3 aliphatic rings. The minimum Gasteiger partial charge on any atom is -0.489 e. The quantitative estimate of drug-likeness (QED) is 0.252. The van der Waals surface area contributed by atoms with Gasteiger partial charge in [0.25, 0.3) is 0 Å². The van der Waals surface area contributed by atoms with Gasteiger partial charge in [0.15, 0.2) is 9.84 Å². The molecule has 2 saturated carbocycles. The standard InChI is InChI=1S/C30H23Cl2NO6S/c31-23-2-1-3-24(32)26(23)27-20(28(39-33-27)16-4-5-16)14-38-19-8-9-21-25(13-19)40(36,37)15-18-7-6-17(29(34)35)12-22(18)30(21)10-11-30/h1-3,6-9,12-13,16H,4-5,10-11,14-15H2,(H,34,35). The predicted molar refractivity (Wildman–Crippen MR) is 149 cm³/mol. The van der Waals surface area contributed by atoms with Crippen molar-refractivity contribution in [3.05, 3.63) is 98.2 Å². The van der Waals surface area contributed by atoms with Crippen molar-refractivity contribution in [2.24, 2.45) is 0 Å². The topological polar surface area (TPSA) is 107 Å². The number of benzene rings is 3. The minimum absolute atomic E-state index is 0.0956. The molecule has 0 bridgehead atoms. The molecule has 0 radical (unpaired) electrons. The molecule has 0 atom stereocenters. The molecule has 7 rings (SSSR count). The Morgan fingerprint density at radius 3 is 2.48 bits per heavy atom. The molecule has 0 amide bonds. The highest BCUT2D eigenvalue weighted by molar-refractivity contribution is 7.90. The maximum atomic E-state index is 13.6. The van der Waals surface area contributed by atoms with E-state index in [1.54, 1.807) is 48.5 Å². The van der Waals surface area contributed by atoms with Crippen molar-refractivity contribution in [2.45, 2.75) is 54.3 Å². The number of nitrogens with zero attached hydrogens (tertiary/aromatic N) is 1. The van der Waals surface area contributed by atoms with Crippen LogP contribution < -0.4 is 4.74 Å². The molecule has 1 aliphatic heterocycles. The van der Waals surface area contributed by atoms with Crippen LogP contribution in [-0.4, -0.2) is 24.7 Å². The van der Waals surface area contributed by atoms with Crippen LogP contribution in [0.3, 0.4) is 0 Å². The maximum absolute atomic E-state index is 13.6. The van der Waals surface area contributed by atoms with Gasteiger partial charge in [-0.25, -0.2) is 13.2 Å². The van der Waals surface area contributed by atoms with E-state index in [4.69, 9.17) is 32.5 Å². The molecule has 0 unspecified atom stereocenters. The van der Waals surface area contributed by atoms with Crippen LogP contribution in [0, 0.1) is 0 Å². The summed E-state index contributed by atoms with van der Waals surface area (Å²) in [6.45, 7) is 0.0956. The van der Waals surface area contributed by atoms with Crippen molar-refractivity contribution < 1.29 is 27.6 Å². The van der Waals surface area contributed by atoms with Crippen molar-refractivity contribution in [1.82, 2.24) is 5.16 Å². The predicted octanol–water partition coefficient (Wildman–Crippen LogP) is 7.17. The Labute approximate surface area is 240 Å². The van der Waals surface area contributed by atoms with Crippen LogP contribution in [0.2, 0.25) is 10.0 Å². The number of rotatable bonds is 6. The Kier molecular flexibility index (Phi) is 5.82. The molecular formula is C30H23Cl2NO6S. The van der Waals surface area contributed by atoms with Gasteiger partial charge < -0.3 is 14.4 Å². The summed E-state index contributed by atoms with van der Waals surface area (Å²) in [5, 5.41) is 14.7. The van der Waals surface area contributed by atoms with Gasteiger partial charge in [0.1, 0.15) is 23.8 Å². The number of fused-ring (bicyclic) bond motifs is 4. The first-order chi connectivity index (χ1) is 19.2. The van der Waals surface area contributed by atoms with E-state index in [0.717, 1.165) is 42.6 Å². The molecule has 4 aromatic rings. The van der Waals surface area contributed by atoms with Gasteiger partial charge in [-0.1, -0.05) is 46.6 Å². The molecular weight excluding hydrogens is 573 g/mol. The third kappa shape index (κ3) is 4.12. The van der Waals surface area contributed by atoms with Crippen molar-refractivity contribution in [2.75, 3.05) is 0 Å². The molecule has 2 heterocycles. The molecule has 10 heteroatoms. The van der Waals surface area contributed by atoms with Crippen molar-refractivity contribution >= 4 is 39.0 Å². The van der Waals surface area contributed by atoms with Crippen molar-refractivity contribution in [1.29, 1.82) is 0 Å². The van der Waals surface area contributed by atoms with Crippen LogP contribution in [0.25, 0.3) is 11.3 Å². The fourth-order valence-corrected chi connectivity index (χ4v) is 8.11. The first kappa shape index (κ1) is 25.6. The number of aromatic nitrogens is 1. The second kappa shape index (κ2) is 9.09. The maximum Gasteiger partial charge on any atom is 0.335 e. The third-order valence-corrected chi connectivity index (χ3v) is 10.4. The lowest BCUT2D eigenvalue weighted by atomic mass is 9.84. The fraction of sp³-hybridized carbons (Fsp3) is 0.267. The first-order valence-electron chi connectivity index (χ1n) is 13.0. The summed E-state index contributed by atoms with van der Waals surface area (Å²) >= 11 is 13.0. The van der Waals surface area contributed by atoms with E-state index >= 15 is 0 Å². The second-order valence-electron chi connectivity index (χ2n) is 10.7. The summed E-state index contributed by atoms with van der Waals surface area (Å²) in [4.78, 5) is 11.9. The molecule has 1 spiro atoms. The molecule has 2 fully saturated rings. The normalized spacial score (nSPS) is 18.1. The smallest absolute Gasteiger partial charge is 0.335 e. The van der Waals surface area contributed by atoms with Crippen LogP contribution in [0.5, 0.6) is 5.75 Å². The van der Waals surface area contributed by atoms with Crippen LogP contribution in [0.1, 0.15) is 70.0 Å². The van der Waals surface area contributed by atoms with Crippen LogP contribution >= 0.6 is 23.2 Å². The zero-order chi connectivity index (χ0) is 27.8. The minimum atomic E-state index is -3.72. The van der Waals surface area contributed by atoms with E-state index in [1.807, 2.05) is 0 Å². The van der Waals surface area contributed by atoms with Crippen molar-refractivity contribution in [3.8, 4) is 17.0 Å². The molecule has 40 heavy (non-hydrogen) atoms. The fourth-order valence-electron chi connectivity index (χ4n) is 5.82. The number of carbonyl (C=O) groups is 1. The number of carboxylic acid groups (broad SMARTS) is 1. The Hall–Kier alpha value is -3.33. The number of hydrogen-bond acceptors (Lipinski definition) is 6. The number of aromatic carboxylic acids is 1. The number of sulfone groups is 1. The van der Waals surface area contributed by atoms with Gasteiger partial charge in [-0.15, -0.1) is 0 Å². The summed E-state index contributed by atoms with van der Waals surface area (Å²) in [5.41, 5.74) is 3.57. The van der Waals surface area contributed by atoms with Gasteiger partial charge in [-0.05, 0) is 78.8 Å². The van der Waals surface area contributed by atoms with E-state index in [-0.39, 0.29) is 28.7 Å². The monoisotopic (exact) mass is 595 g/mol. The van der Waals surface area contributed by atoms with Crippen molar-refractivity contribution in [3.63, 3.8) is 0 Å². The van der Waals surface area contributed by atoms with Crippen LogP contribution in [-0.2, 0) is 27.6 Å². The Morgan fingerprint density at radius 2 is 1.80 bits per heavy atom. The molecule has 7 nitrogen and oxygen atoms in total. The molecule has 1 N–H and O–H groups in total. The highest BCUT2D eigenvalue weighted by atomic mass is 35.5. The van der Waals surface area contributed by atoms with Gasteiger partial charge in [-0.2, -0.15) is 0 Å². The lowest BCUT2D eigenvalue weighted by Crippen LogP contribution is -2.13. The van der Waals surface area contributed by atoms with Gasteiger partial charge in [0.2, 0.25) is 0 Å². The van der Waals surface area contributed by atoms with E-state index in [0.29, 0.717) is 38.2 Å². The van der Waals surface area contributed by atoms with Gasteiger partial charge >= 0.3 is 5.97 Å². The van der Waals surface area contributed by atoms with Crippen LogP contribution in [0.15, 0.2) is 64.0 Å². The lowest BCUT2D eigenvalue weighted by molar-refractivity contribution is 0.0696. The molecule has 2 aliphatic carbocycles. The summed E-state index contributed by atoms with van der Waals surface area (Å²) < 4.78 is 39.2. The zero-order valence-electron chi connectivity index (χ0n) is 21.1. The number of carboxylic acids is 1. The highest BCUT2D eigenvalue weighted by Crippen LogP contribution is 2.58. The lowest BCUT2D eigenvalue weighted by Gasteiger charge is -2.19. The van der Waals surface area contributed by atoms with E-state index in [2.05, 4.69) is 5.16 Å². The third-order valence-electron chi connectivity index (χ3n) is 8.12. The average Bonchev–Trinajstić information content (AvgIpc) is 3.85. The van der Waals surface area contributed by atoms with Crippen LogP contribution in [0.4, 0.5) is 0 Å². The van der Waals surface area contributed by atoms with E-state index in [9.17, 15) is 18.3 Å². The summed E-state index contributed by atoms with van der Waals surface area (Å²) in [7, 11) is -3.72. The van der Waals surface area contributed by atoms with E-state index < -0.39 is 21.2 Å². The average molecular weight is 596 g/mol. The number of hydrogen-bond donors (Lipinski definition) is 1. The molecule has 204 valence electrons. The largest absolute Gasteiger partial charge is 0.489 e. The zero-order valence-corrected chi connectivity index (χ0v) is 23.4. The SMILES string of the molecule is O=C(O)c1ccc2c(c1)C1(CC1)c1ccc(OCc3c(-c4c(Cl)cccc4Cl)noc3C3CC3)cc1S(=O)(=O)C2. The first-order valence-corrected chi connectivity index (χ1v) is 15.4. The molecule has 0 saturated heterocycles. The molecule has 1 aromatic heterocycles. The molecule has 3 aromatic carbocycles. The summed E-state index contributed by atoms with van der Waals surface area (Å²) in [6.07, 6.45) is 3.47. The number of ether oxygens (including phenoxy) is 1. The second-order valence-corrected chi connectivity index (χ2v) is 13.5. The van der Waals surface area contributed by atoms with Gasteiger partial charge in [0, 0.05) is 16.9 Å². The van der Waals surface area contributed by atoms with Gasteiger partial charge in [-0.3, -0.25) is 0 Å². The summed E-state index contributed by atoms with van der Waals surface area (Å²) in [5.74, 6) is 0.140. The Bertz CT molecular complexity index is 1800. The summed E-state index contributed by atoms with van der Waals surface area (Å²) in [6, 6.07) is 15.1. The Balaban J connectivity index is 1.26.